The van der Waals surface area contributed by atoms with Crippen molar-refractivity contribution in [3.05, 3.63) is 94.2 Å². The van der Waals surface area contributed by atoms with E-state index in [2.05, 4.69) is 11.8 Å². The molecule has 2 amide bonds. The fourth-order valence-electron chi connectivity index (χ4n) is 4.69. The lowest BCUT2D eigenvalue weighted by molar-refractivity contribution is -0.131. The molecule has 5 rings (SSSR count). The lowest BCUT2D eigenvalue weighted by Gasteiger charge is -2.38. The highest BCUT2D eigenvalue weighted by Crippen LogP contribution is 2.35. The van der Waals surface area contributed by atoms with E-state index in [0.717, 1.165) is 22.4 Å². The zero-order valence-corrected chi connectivity index (χ0v) is 21.2. The second kappa shape index (κ2) is 10.1. The lowest BCUT2D eigenvalue weighted by atomic mass is 10.1. The molecule has 3 aromatic carbocycles. The lowest BCUT2D eigenvalue weighted by Crippen LogP contribution is -2.52. The van der Waals surface area contributed by atoms with Crippen LogP contribution in [-0.4, -0.2) is 49.4 Å². The Balaban J connectivity index is 1.32. The summed E-state index contributed by atoms with van der Waals surface area (Å²) in [6, 6.07) is 21.0. The smallest absolute Gasteiger partial charge is 0.294 e. The predicted molar refractivity (Wildman–Crippen MR) is 144 cm³/mol. The molecule has 0 N–H and O–H groups in total. The molecule has 0 aromatic heterocycles. The molecule has 6 nitrogen and oxygen atoms in total. The van der Waals surface area contributed by atoms with E-state index in [1.54, 1.807) is 6.08 Å². The molecule has 3 aromatic rings. The third-order valence-corrected chi connectivity index (χ3v) is 6.84. The van der Waals surface area contributed by atoms with Crippen molar-refractivity contribution in [3.8, 4) is 5.75 Å². The topological polar surface area (TPSA) is 53.1 Å². The van der Waals surface area contributed by atoms with Crippen LogP contribution in [0.25, 0.3) is 6.08 Å². The summed E-state index contributed by atoms with van der Waals surface area (Å²) < 4.78 is 5.96. The van der Waals surface area contributed by atoms with Crippen LogP contribution in [0.3, 0.4) is 0 Å². The maximum absolute atomic E-state index is 13.4. The molecular weight excluding hydrogens is 474 g/mol. The van der Waals surface area contributed by atoms with E-state index < -0.39 is 0 Å². The van der Waals surface area contributed by atoms with Crippen molar-refractivity contribution in [3.63, 3.8) is 0 Å². The average molecular weight is 502 g/mol. The molecule has 36 heavy (non-hydrogen) atoms. The van der Waals surface area contributed by atoms with Crippen molar-refractivity contribution in [2.75, 3.05) is 42.5 Å². The Bertz CT molecular complexity index is 1350. The SMILES string of the molecule is Cc1cccc(C=C2Oc3ccccc3N(CC(=O)N3CCN(c4cc(Cl)ccc4C)CC3)C2=O)c1. The maximum Gasteiger partial charge on any atom is 0.294 e. The number of nitrogens with zero attached hydrogens (tertiary/aromatic N) is 3. The Hall–Kier alpha value is -3.77. The van der Waals surface area contributed by atoms with Crippen LogP contribution in [0.1, 0.15) is 16.7 Å². The zero-order chi connectivity index (χ0) is 25.2. The standard InChI is InChI=1S/C29H28ClN3O3/c1-20-6-5-7-22(16-20)17-27-29(35)33(24-8-3-4-9-26(24)36-27)19-28(34)32-14-12-31(13-15-32)25-18-23(30)11-10-21(25)2/h3-11,16-18H,12-15,19H2,1-2H3. The van der Waals surface area contributed by atoms with Gasteiger partial charge in [-0.2, -0.15) is 0 Å². The molecule has 0 bridgehead atoms. The van der Waals surface area contributed by atoms with Gasteiger partial charge in [-0.1, -0.05) is 59.6 Å². The van der Waals surface area contributed by atoms with Gasteiger partial charge in [-0.05, 0) is 55.3 Å². The normalized spacial score (nSPS) is 16.7. The zero-order valence-electron chi connectivity index (χ0n) is 20.4. The number of amides is 2. The summed E-state index contributed by atoms with van der Waals surface area (Å²) in [6.45, 7) is 6.60. The molecule has 0 radical (unpaired) electrons. The predicted octanol–water partition coefficient (Wildman–Crippen LogP) is 5.07. The molecule has 0 unspecified atom stereocenters. The first-order chi connectivity index (χ1) is 17.4. The first-order valence-electron chi connectivity index (χ1n) is 12.0. The number of fused-ring (bicyclic) bond motifs is 1. The molecule has 1 fully saturated rings. The maximum atomic E-state index is 13.4. The quantitative estimate of drug-likeness (QED) is 0.468. The van der Waals surface area contributed by atoms with E-state index in [-0.39, 0.29) is 24.1 Å². The van der Waals surface area contributed by atoms with Crippen molar-refractivity contribution in [1.29, 1.82) is 0 Å². The van der Waals surface area contributed by atoms with Gasteiger partial charge in [0.25, 0.3) is 5.91 Å². The second-order valence-corrected chi connectivity index (χ2v) is 9.62. The largest absolute Gasteiger partial charge is 0.449 e. The van der Waals surface area contributed by atoms with Gasteiger partial charge < -0.3 is 14.5 Å². The van der Waals surface area contributed by atoms with Gasteiger partial charge in [-0.25, -0.2) is 0 Å². The summed E-state index contributed by atoms with van der Waals surface area (Å²) in [4.78, 5) is 32.4. The number of carbonyl (C=O) groups is 2. The van der Waals surface area contributed by atoms with Gasteiger partial charge in [0, 0.05) is 36.9 Å². The number of hydrogen-bond donors (Lipinski definition) is 0. The Morgan fingerprint density at radius 2 is 1.72 bits per heavy atom. The number of benzene rings is 3. The number of anilines is 2. The number of halogens is 1. The second-order valence-electron chi connectivity index (χ2n) is 9.18. The molecule has 1 saturated heterocycles. The van der Waals surface area contributed by atoms with E-state index in [0.29, 0.717) is 42.6 Å². The number of rotatable bonds is 4. The Morgan fingerprint density at radius 1 is 0.944 bits per heavy atom. The summed E-state index contributed by atoms with van der Waals surface area (Å²) in [5.74, 6) is 0.354. The highest BCUT2D eigenvalue weighted by molar-refractivity contribution is 6.30. The summed E-state index contributed by atoms with van der Waals surface area (Å²) in [5.41, 5.74) is 4.81. The van der Waals surface area contributed by atoms with Crippen molar-refractivity contribution in [2.45, 2.75) is 13.8 Å². The van der Waals surface area contributed by atoms with Crippen LogP contribution in [0.15, 0.2) is 72.5 Å². The molecule has 2 aliphatic rings. The number of ether oxygens (including phenoxy) is 1. The van der Waals surface area contributed by atoms with Crippen LogP contribution in [0.5, 0.6) is 5.75 Å². The number of piperazine rings is 1. The van der Waals surface area contributed by atoms with Crippen molar-refractivity contribution < 1.29 is 14.3 Å². The van der Waals surface area contributed by atoms with Gasteiger partial charge in [0.15, 0.2) is 11.5 Å². The summed E-state index contributed by atoms with van der Waals surface area (Å²) in [6.07, 6.45) is 1.73. The third-order valence-electron chi connectivity index (χ3n) is 6.61. The first-order valence-corrected chi connectivity index (χ1v) is 12.4. The molecule has 0 saturated carbocycles. The number of hydrogen-bond acceptors (Lipinski definition) is 4. The van der Waals surface area contributed by atoms with Gasteiger partial charge in [0.1, 0.15) is 6.54 Å². The van der Waals surface area contributed by atoms with Crippen LogP contribution >= 0.6 is 11.6 Å². The Labute approximate surface area is 216 Å². The minimum atomic E-state index is -0.322. The monoisotopic (exact) mass is 501 g/mol. The van der Waals surface area contributed by atoms with Crippen LogP contribution in [0.4, 0.5) is 11.4 Å². The van der Waals surface area contributed by atoms with Crippen LogP contribution in [0, 0.1) is 13.8 Å². The number of para-hydroxylation sites is 2. The first kappa shape index (κ1) is 23.9. The van der Waals surface area contributed by atoms with Gasteiger partial charge in [0.05, 0.1) is 5.69 Å². The van der Waals surface area contributed by atoms with Gasteiger partial charge in [-0.15, -0.1) is 0 Å². The summed E-state index contributed by atoms with van der Waals surface area (Å²) >= 11 is 6.21. The van der Waals surface area contributed by atoms with E-state index in [1.807, 2.05) is 78.6 Å². The highest BCUT2D eigenvalue weighted by atomic mass is 35.5. The van der Waals surface area contributed by atoms with Crippen LogP contribution < -0.4 is 14.5 Å². The minimum absolute atomic E-state index is 0.0411. The van der Waals surface area contributed by atoms with Gasteiger partial charge in [-0.3, -0.25) is 14.5 Å². The van der Waals surface area contributed by atoms with E-state index in [1.165, 1.54) is 4.90 Å². The molecule has 0 aliphatic carbocycles. The minimum Gasteiger partial charge on any atom is -0.449 e. The van der Waals surface area contributed by atoms with Crippen LogP contribution in [0.2, 0.25) is 5.02 Å². The molecule has 2 aliphatic heterocycles. The average Bonchev–Trinajstić information content (AvgIpc) is 2.88. The third kappa shape index (κ3) is 4.95. The molecule has 2 heterocycles. The number of carbonyl (C=O) groups excluding carboxylic acids is 2. The Morgan fingerprint density at radius 3 is 2.50 bits per heavy atom. The van der Waals surface area contributed by atoms with E-state index in [9.17, 15) is 9.59 Å². The van der Waals surface area contributed by atoms with Gasteiger partial charge >= 0.3 is 0 Å². The summed E-state index contributed by atoms with van der Waals surface area (Å²) in [5, 5.41) is 0.702. The van der Waals surface area contributed by atoms with Crippen molar-refractivity contribution in [1.82, 2.24) is 4.90 Å². The van der Waals surface area contributed by atoms with Crippen LogP contribution in [-0.2, 0) is 9.59 Å². The fourth-order valence-corrected chi connectivity index (χ4v) is 4.85. The fraction of sp³-hybridized carbons (Fsp3) is 0.241. The Kier molecular flexibility index (Phi) is 6.70. The molecule has 0 atom stereocenters. The highest BCUT2D eigenvalue weighted by Gasteiger charge is 2.33. The van der Waals surface area contributed by atoms with E-state index >= 15 is 0 Å². The van der Waals surface area contributed by atoms with Crippen molar-refractivity contribution in [2.24, 2.45) is 0 Å². The summed E-state index contributed by atoms with van der Waals surface area (Å²) in [7, 11) is 0. The van der Waals surface area contributed by atoms with Crippen molar-refractivity contribution >= 4 is 40.9 Å². The van der Waals surface area contributed by atoms with Gasteiger partial charge in [0.2, 0.25) is 5.91 Å². The molecule has 184 valence electrons. The van der Waals surface area contributed by atoms with E-state index in [4.69, 9.17) is 16.3 Å². The number of aryl methyl sites for hydroxylation is 2. The molecular formula is C29H28ClN3O3. The molecule has 0 spiro atoms. The molecule has 7 heteroatoms.